The number of hydrazone groups is 1. The fraction of sp³-hybridized carbons (Fsp3) is 0.167. The van der Waals surface area contributed by atoms with E-state index in [0.29, 0.717) is 27.9 Å². The van der Waals surface area contributed by atoms with Gasteiger partial charge in [0, 0.05) is 17.3 Å². The molecule has 0 aliphatic heterocycles. The van der Waals surface area contributed by atoms with Crippen molar-refractivity contribution in [1.29, 1.82) is 0 Å². The maximum atomic E-state index is 12.0. The smallest absolute Gasteiger partial charge is 0.272 e. The Morgan fingerprint density at radius 1 is 1.04 bits per heavy atom. The monoisotopic (exact) mass is 377 g/mol. The Bertz CT molecular complexity index is 789. The second-order valence-electron chi connectivity index (χ2n) is 5.35. The van der Waals surface area contributed by atoms with E-state index in [1.165, 1.54) is 0 Å². The number of benzene rings is 2. The van der Waals surface area contributed by atoms with Gasteiger partial charge < -0.3 is 5.32 Å². The molecule has 0 bridgehead atoms. The molecule has 5 nitrogen and oxygen atoms in total. The van der Waals surface area contributed by atoms with E-state index in [9.17, 15) is 9.59 Å². The summed E-state index contributed by atoms with van der Waals surface area (Å²) in [5, 5.41) is 7.70. The van der Waals surface area contributed by atoms with Crippen molar-refractivity contribution in [3.05, 3.63) is 69.7 Å². The zero-order chi connectivity index (χ0) is 18.2. The fourth-order valence-corrected chi connectivity index (χ4v) is 2.34. The van der Waals surface area contributed by atoms with Gasteiger partial charge in [-0.25, -0.2) is 5.43 Å². The predicted octanol–water partition coefficient (Wildman–Crippen LogP) is 3.81. The second kappa shape index (κ2) is 9.20. The number of nitrogens with zero attached hydrogens (tertiary/aromatic N) is 1. The van der Waals surface area contributed by atoms with Crippen LogP contribution in [0, 0.1) is 0 Å². The molecule has 2 N–H and O–H groups in total. The minimum atomic E-state index is -0.425. The van der Waals surface area contributed by atoms with E-state index in [0.717, 1.165) is 5.56 Å². The SMILES string of the molecule is C/C(CC(=O)NCc1ccc(Cl)cc1)=N\NC(=O)c1ccccc1Cl. The molecule has 130 valence electrons. The largest absolute Gasteiger partial charge is 0.352 e. The molecule has 0 atom stereocenters. The van der Waals surface area contributed by atoms with Gasteiger partial charge in [0.15, 0.2) is 0 Å². The summed E-state index contributed by atoms with van der Waals surface area (Å²) in [6.07, 6.45) is 0.0798. The lowest BCUT2D eigenvalue weighted by atomic mass is 10.2. The zero-order valence-electron chi connectivity index (χ0n) is 13.6. The van der Waals surface area contributed by atoms with Gasteiger partial charge in [0.2, 0.25) is 5.91 Å². The molecular weight excluding hydrogens is 361 g/mol. The van der Waals surface area contributed by atoms with Crippen LogP contribution < -0.4 is 10.7 Å². The fourth-order valence-electron chi connectivity index (χ4n) is 1.99. The summed E-state index contributed by atoms with van der Waals surface area (Å²) in [6, 6.07) is 13.9. The molecule has 2 aromatic carbocycles. The number of nitrogens with one attached hydrogen (secondary N) is 2. The van der Waals surface area contributed by atoms with E-state index < -0.39 is 5.91 Å². The molecule has 0 aromatic heterocycles. The van der Waals surface area contributed by atoms with Crippen LogP contribution in [-0.2, 0) is 11.3 Å². The Balaban J connectivity index is 1.82. The Morgan fingerprint density at radius 2 is 1.72 bits per heavy atom. The second-order valence-corrected chi connectivity index (χ2v) is 6.19. The van der Waals surface area contributed by atoms with E-state index in [1.54, 1.807) is 43.3 Å². The minimum absolute atomic E-state index is 0.0798. The summed E-state index contributed by atoms with van der Waals surface area (Å²) in [5.74, 6) is -0.616. The molecule has 0 unspecified atom stereocenters. The molecule has 0 spiro atoms. The normalized spacial score (nSPS) is 11.1. The molecule has 0 radical (unpaired) electrons. The van der Waals surface area contributed by atoms with Crippen LogP contribution >= 0.6 is 23.2 Å². The van der Waals surface area contributed by atoms with Crippen LogP contribution in [0.3, 0.4) is 0 Å². The topological polar surface area (TPSA) is 70.6 Å². The average molecular weight is 378 g/mol. The number of carbonyl (C=O) groups is 2. The van der Waals surface area contributed by atoms with E-state index in [4.69, 9.17) is 23.2 Å². The van der Waals surface area contributed by atoms with Gasteiger partial charge in [-0.15, -0.1) is 0 Å². The van der Waals surface area contributed by atoms with Crippen molar-refractivity contribution in [3.8, 4) is 0 Å². The molecule has 2 amide bonds. The van der Waals surface area contributed by atoms with Gasteiger partial charge in [0.05, 0.1) is 17.0 Å². The first-order chi connectivity index (χ1) is 12.0. The maximum absolute atomic E-state index is 12.0. The molecule has 0 aliphatic carbocycles. The first kappa shape index (κ1) is 19.0. The first-order valence-corrected chi connectivity index (χ1v) is 8.30. The van der Waals surface area contributed by atoms with Gasteiger partial charge in [0.25, 0.3) is 5.91 Å². The number of halogens is 2. The Labute approximate surface area is 156 Å². The van der Waals surface area contributed by atoms with Crippen molar-refractivity contribution in [2.45, 2.75) is 19.9 Å². The van der Waals surface area contributed by atoms with Crippen molar-refractivity contribution in [2.75, 3.05) is 0 Å². The van der Waals surface area contributed by atoms with E-state index >= 15 is 0 Å². The highest BCUT2D eigenvalue weighted by Crippen LogP contribution is 2.14. The molecule has 0 aliphatic rings. The van der Waals surface area contributed by atoms with Crippen LogP contribution in [0.1, 0.15) is 29.3 Å². The van der Waals surface area contributed by atoms with Gasteiger partial charge in [-0.05, 0) is 36.8 Å². The van der Waals surface area contributed by atoms with Gasteiger partial charge in [-0.2, -0.15) is 5.10 Å². The van der Waals surface area contributed by atoms with Crippen molar-refractivity contribution in [2.24, 2.45) is 5.10 Å². The highest BCUT2D eigenvalue weighted by molar-refractivity contribution is 6.33. The van der Waals surface area contributed by atoms with Crippen molar-refractivity contribution < 1.29 is 9.59 Å². The van der Waals surface area contributed by atoms with Gasteiger partial charge in [-0.1, -0.05) is 47.5 Å². The molecule has 0 saturated carbocycles. The van der Waals surface area contributed by atoms with Crippen LogP contribution in [0.4, 0.5) is 0 Å². The van der Waals surface area contributed by atoms with Crippen LogP contribution in [0.2, 0.25) is 10.0 Å². The van der Waals surface area contributed by atoms with Crippen LogP contribution in [0.25, 0.3) is 0 Å². The standard InChI is InChI=1S/C18H17Cl2N3O2/c1-12(22-23-18(25)15-4-2-3-5-16(15)20)10-17(24)21-11-13-6-8-14(19)9-7-13/h2-9H,10-11H2,1H3,(H,21,24)(H,23,25)/b22-12+. The summed E-state index contributed by atoms with van der Waals surface area (Å²) in [7, 11) is 0. The van der Waals surface area contributed by atoms with Gasteiger partial charge in [0.1, 0.15) is 0 Å². The van der Waals surface area contributed by atoms with Gasteiger partial charge >= 0.3 is 0 Å². The molecule has 2 aromatic rings. The third-order valence-electron chi connectivity index (χ3n) is 3.29. The summed E-state index contributed by atoms with van der Waals surface area (Å²) in [4.78, 5) is 23.9. The minimum Gasteiger partial charge on any atom is -0.352 e. The van der Waals surface area contributed by atoms with Crippen LogP contribution in [0.15, 0.2) is 53.6 Å². The number of amides is 2. The number of hydrogen-bond acceptors (Lipinski definition) is 3. The summed E-state index contributed by atoms with van der Waals surface area (Å²) < 4.78 is 0. The summed E-state index contributed by atoms with van der Waals surface area (Å²) >= 11 is 11.8. The zero-order valence-corrected chi connectivity index (χ0v) is 15.1. The highest BCUT2D eigenvalue weighted by atomic mass is 35.5. The quantitative estimate of drug-likeness (QED) is 0.593. The molecule has 0 heterocycles. The average Bonchev–Trinajstić information content (AvgIpc) is 2.59. The Morgan fingerprint density at radius 3 is 2.40 bits per heavy atom. The first-order valence-electron chi connectivity index (χ1n) is 7.55. The molecular formula is C18H17Cl2N3O2. The number of carbonyl (C=O) groups excluding carboxylic acids is 2. The molecule has 2 rings (SSSR count). The lowest BCUT2D eigenvalue weighted by Gasteiger charge is -2.06. The van der Waals surface area contributed by atoms with Crippen molar-refractivity contribution >= 4 is 40.7 Å². The Kier molecular flexibility index (Phi) is 6.98. The highest BCUT2D eigenvalue weighted by Gasteiger charge is 2.09. The van der Waals surface area contributed by atoms with Crippen molar-refractivity contribution in [3.63, 3.8) is 0 Å². The van der Waals surface area contributed by atoms with E-state index in [-0.39, 0.29) is 12.3 Å². The lowest BCUT2D eigenvalue weighted by Crippen LogP contribution is -2.26. The third-order valence-corrected chi connectivity index (χ3v) is 3.87. The van der Waals surface area contributed by atoms with Crippen LogP contribution in [-0.4, -0.2) is 17.5 Å². The van der Waals surface area contributed by atoms with Gasteiger partial charge in [-0.3, -0.25) is 9.59 Å². The molecule has 7 heteroatoms. The van der Waals surface area contributed by atoms with Crippen LogP contribution in [0.5, 0.6) is 0 Å². The van der Waals surface area contributed by atoms with E-state index in [1.807, 2.05) is 12.1 Å². The number of rotatable bonds is 6. The van der Waals surface area contributed by atoms with Crippen molar-refractivity contribution in [1.82, 2.24) is 10.7 Å². The molecule has 0 saturated heterocycles. The maximum Gasteiger partial charge on any atom is 0.272 e. The molecule has 0 fully saturated rings. The number of hydrogen-bond donors (Lipinski definition) is 2. The predicted molar refractivity (Wildman–Crippen MR) is 99.9 cm³/mol. The Hall–Kier alpha value is -2.37. The summed E-state index contributed by atoms with van der Waals surface area (Å²) in [6.45, 7) is 2.06. The lowest BCUT2D eigenvalue weighted by molar-refractivity contribution is -0.120. The molecule has 25 heavy (non-hydrogen) atoms. The summed E-state index contributed by atoms with van der Waals surface area (Å²) in [5.41, 5.74) is 4.15. The van der Waals surface area contributed by atoms with E-state index in [2.05, 4.69) is 15.8 Å². The third kappa shape index (κ3) is 6.21.